The van der Waals surface area contributed by atoms with Crippen LogP contribution in [-0.2, 0) is 11.0 Å². The van der Waals surface area contributed by atoms with E-state index in [1.165, 1.54) is 24.3 Å². The zero-order valence-corrected chi connectivity index (χ0v) is 10.1. The van der Waals surface area contributed by atoms with Crippen LogP contribution in [0.2, 0.25) is 0 Å². The van der Waals surface area contributed by atoms with Crippen molar-refractivity contribution in [3.8, 4) is 11.3 Å². The van der Waals surface area contributed by atoms with Gasteiger partial charge in [-0.05, 0) is 5.56 Å². The van der Waals surface area contributed by atoms with Crippen molar-refractivity contribution in [3.63, 3.8) is 0 Å². The van der Waals surface area contributed by atoms with Crippen molar-refractivity contribution >= 4 is 11.5 Å². The number of nitrogens with zero attached hydrogens (tertiary/aromatic N) is 1. The number of carbonyl (C=O) groups is 1. The van der Waals surface area contributed by atoms with Crippen molar-refractivity contribution < 1.29 is 22.5 Å². The van der Waals surface area contributed by atoms with Gasteiger partial charge in [0.15, 0.2) is 0 Å². The molecular weight excluding hydrogens is 273 g/mol. The molecule has 0 radical (unpaired) electrons. The Kier molecular flexibility index (Phi) is 3.35. The highest BCUT2D eigenvalue weighted by Gasteiger charge is 2.36. The topological polar surface area (TPSA) is 69.1 Å². The zero-order chi connectivity index (χ0) is 14.9. The summed E-state index contributed by atoms with van der Waals surface area (Å²) in [5.74, 6) is -0.699. The van der Waals surface area contributed by atoms with Crippen LogP contribution >= 0.6 is 0 Å². The minimum absolute atomic E-state index is 0.0766. The molecule has 0 saturated carbocycles. The summed E-state index contributed by atoms with van der Waals surface area (Å²) in [5, 5.41) is 3.35. The Labute approximate surface area is 111 Å². The lowest BCUT2D eigenvalue weighted by Crippen LogP contribution is -2.11. The van der Waals surface area contributed by atoms with Gasteiger partial charge in [0.05, 0.1) is 0 Å². The first-order valence-corrected chi connectivity index (χ1v) is 5.42. The maximum Gasteiger partial charge on any atom is 0.421 e. The number of halogens is 3. The summed E-state index contributed by atoms with van der Waals surface area (Å²) < 4.78 is 42.5. The van der Waals surface area contributed by atoms with Gasteiger partial charge >= 0.3 is 6.18 Å². The van der Waals surface area contributed by atoms with Crippen molar-refractivity contribution in [2.24, 2.45) is 5.73 Å². The number of carbonyl (C=O) groups excluding carboxylic acids is 1. The van der Waals surface area contributed by atoms with Crippen LogP contribution in [0.1, 0.15) is 11.1 Å². The van der Waals surface area contributed by atoms with Crippen LogP contribution < -0.4 is 5.73 Å². The summed E-state index contributed by atoms with van der Waals surface area (Å²) in [7, 11) is 0. The Bertz CT molecular complexity index is 657. The molecule has 0 fully saturated rings. The Balaban J connectivity index is 2.39. The molecule has 1 amide bonds. The molecule has 0 aliphatic rings. The van der Waals surface area contributed by atoms with Crippen molar-refractivity contribution in [1.82, 2.24) is 5.16 Å². The van der Waals surface area contributed by atoms with Crippen molar-refractivity contribution in [2.75, 3.05) is 0 Å². The monoisotopic (exact) mass is 282 g/mol. The summed E-state index contributed by atoms with van der Waals surface area (Å²) in [6.07, 6.45) is -4.00. The summed E-state index contributed by atoms with van der Waals surface area (Å²) in [4.78, 5) is 10.9. The molecule has 0 aliphatic carbocycles. The number of alkyl halides is 3. The predicted molar refractivity (Wildman–Crippen MR) is 65.2 cm³/mol. The van der Waals surface area contributed by atoms with E-state index in [2.05, 4.69) is 16.3 Å². The fourth-order valence-electron chi connectivity index (χ4n) is 1.62. The van der Waals surface area contributed by atoms with E-state index in [1.54, 1.807) is 0 Å². The molecule has 2 aromatic rings. The van der Waals surface area contributed by atoms with Gasteiger partial charge in [-0.3, -0.25) is 4.79 Å². The molecule has 2 rings (SSSR count). The number of amides is 1. The first-order valence-electron chi connectivity index (χ1n) is 5.42. The van der Waals surface area contributed by atoms with E-state index in [-0.39, 0.29) is 16.8 Å². The van der Waals surface area contributed by atoms with E-state index in [9.17, 15) is 18.0 Å². The van der Waals surface area contributed by atoms with Crippen molar-refractivity contribution in [3.05, 3.63) is 48.2 Å². The van der Waals surface area contributed by atoms with E-state index < -0.39 is 17.6 Å². The molecule has 1 aromatic heterocycles. The molecule has 20 heavy (non-hydrogen) atoms. The second-order valence-electron chi connectivity index (χ2n) is 3.99. The van der Waals surface area contributed by atoms with E-state index in [4.69, 9.17) is 5.73 Å². The highest BCUT2D eigenvalue weighted by Crippen LogP contribution is 2.36. The van der Waals surface area contributed by atoms with Gasteiger partial charge in [0.1, 0.15) is 17.5 Å². The molecule has 4 nitrogen and oxygen atoms in total. The number of hydrogen-bond acceptors (Lipinski definition) is 3. The van der Waals surface area contributed by atoms with Crippen LogP contribution in [0.4, 0.5) is 13.2 Å². The Morgan fingerprint density at radius 1 is 1.25 bits per heavy atom. The van der Waals surface area contributed by atoms with Crippen molar-refractivity contribution in [1.29, 1.82) is 0 Å². The van der Waals surface area contributed by atoms with Gasteiger partial charge in [0, 0.05) is 11.1 Å². The van der Waals surface area contributed by atoms with Gasteiger partial charge < -0.3 is 10.3 Å². The molecule has 0 atom stereocenters. The average Bonchev–Trinajstić information content (AvgIpc) is 2.87. The third-order valence-corrected chi connectivity index (χ3v) is 2.68. The normalized spacial score (nSPS) is 11.3. The van der Waals surface area contributed by atoms with Gasteiger partial charge in [0.25, 0.3) is 0 Å². The lowest BCUT2D eigenvalue weighted by molar-refractivity contribution is -0.137. The number of rotatable bonds is 3. The number of benzene rings is 1. The number of primary amides is 1. The molecule has 0 unspecified atom stereocenters. The lowest BCUT2D eigenvalue weighted by atomic mass is 10.0. The first-order chi connectivity index (χ1) is 9.30. The molecule has 2 N–H and O–H groups in total. The van der Waals surface area contributed by atoms with Crippen LogP contribution in [0.15, 0.2) is 41.6 Å². The average molecular weight is 282 g/mol. The van der Waals surface area contributed by atoms with E-state index in [1.807, 2.05) is 0 Å². The number of hydrogen-bond donors (Lipinski definition) is 1. The van der Waals surface area contributed by atoms with E-state index in [0.29, 0.717) is 11.8 Å². The molecular formula is C13H9F3N2O2. The second-order valence-corrected chi connectivity index (χ2v) is 3.99. The van der Waals surface area contributed by atoms with Crippen LogP contribution in [0.25, 0.3) is 16.8 Å². The molecule has 0 bridgehead atoms. The van der Waals surface area contributed by atoms with Crippen LogP contribution in [-0.4, -0.2) is 11.1 Å². The van der Waals surface area contributed by atoms with Crippen LogP contribution in [0.5, 0.6) is 0 Å². The van der Waals surface area contributed by atoms with Gasteiger partial charge in [-0.25, -0.2) is 0 Å². The van der Waals surface area contributed by atoms with Crippen molar-refractivity contribution in [2.45, 2.75) is 6.18 Å². The Morgan fingerprint density at radius 3 is 2.35 bits per heavy atom. The minimum Gasteiger partial charge on any atom is -0.366 e. The maximum atomic E-state index is 12.7. The molecule has 0 saturated heterocycles. The quantitative estimate of drug-likeness (QED) is 0.880. The summed E-state index contributed by atoms with van der Waals surface area (Å²) in [5.41, 5.74) is 4.52. The molecule has 0 spiro atoms. The standard InChI is InChI=1S/C13H9F3N2O2/c1-7(12(17)19)8-2-4-9(5-3-8)11-10(6-20-18-11)13(14,15)16/h2-6H,1H2,(H2,17,19). The Morgan fingerprint density at radius 2 is 1.85 bits per heavy atom. The third-order valence-electron chi connectivity index (χ3n) is 2.68. The summed E-state index contributed by atoms with van der Waals surface area (Å²) in [6, 6.07) is 5.65. The fourth-order valence-corrected chi connectivity index (χ4v) is 1.62. The Hall–Kier alpha value is -2.57. The van der Waals surface area contributed by atoms with Gasteiger partial charge in [-0.1, -0.05) is 36.0 Å². The zero-order valence-electron chi connectivity index (χ0n) is 10.1. The largest absolute Gasteiger partial charge is 0.421 e. The molecule has 7 heteroatoms. The number of nitrogens with two attached hydrogens (primary N) is 1. The first kappa shape index (κ1) is 13.9. The summed E-state index contributed by atoms with van der Waals surface area (Å²) >= 11 is 0. The third kappa shape index (κ3) is 2.56. The smallest absolute Gasteiger partial charge is 0.366 e. The SMILES string of the molecule is C=C(C(N)=O)c1ccc(-c2nocc2C(F)(F)F)cc1. The van der Waals surface area contributed by atoms with Gasteiger partial charge in [-0.15, -0.1) is 0 Å². The van der Waals surface area contributed by atoms with Crippen LogP contribution in [0.3, 0.4) is 0 Å². The summed E-state index contributed by atoms with van der Waals surface area (Å²) in [6.45, 7) is 3.48. The molecule has 1 heterocycles. The van der Waals surface area contributed by atoms with Gasteiger partial charge in [0.2, 0.25) is 5.91 Å². The predicted octanol–water partition coefficient (Wildman–Crippen LogP) is 2.86. The van der Waals surface area contributed by atoms with Gasteiger partial charge in [-0.2, -0.15) is 13.2 Å². The highest BCUT2D eigenvalue weighted by atomic mass is 19.4. The number of aromatic nitrogens is 1. The maximum absolute atomic E-state index is 12.7. The second kappa shape index (κ2) is 4.84. The van der Waals surface area contributed by atoms with E-state index in [0.717, 1.165) is 0 Å². The lowest BCUT2D eigenvalue weighted by Gasteiger charge is -2.06. The van der Waals surface area contributed by atoms with E-state index >= 15 is 0 Å². The molecule has 104 valence electrons. The van der Waals surface area contributed by atoms with Crippen LogP contribution in [0, 0.1) is 0 Å². The molecule has 0 aliphatic heterocycles. The minimum atomic E-state index is -4.55. The fraction of sp³-hybridized carbons (Fsp3) is 0.0769. The molecule has 1 aromatic carbocycles. The highest BCUT2D eigenvalue weighted by molar-refractivity contribution is 6.17.